The van der Waals surface area contributed by atoms with E-state index in [1.807, 2.05) is 0 Å². The number of ether oxygens (including phenoxy) is 1. The Bertz CT molecular complexity index is 761. The maximum atomic E-state index is 11.9. The van der Waals surface area contributed by atoms with Crippen LogP contribution in [0.15, 0.2) is 42.6 Å². The van der Waals surface area contributed by atoms with Crippen LogP contribution in [0.3, 0.4) is 0 Å². The molecule has 0 saturated carbocycles. The molecule has 7 heteroatoms. The minimum Gasteiger partial charge on any atom is -0.452 e. The molecule has 1 aromatic carbocycles. The second-order valence-corrected chi connectivity index (χ2v) is 4.93. The van der Waals surface area contributed by atoms with Crippen molar-refractivity contribution in [3.05, 3.63) is 58.9 Å². The summed E-state index contributed by atoms with van der Waals surface area (Å²) in [5, 5.41) is 2.53. The normalized spacial score (nSPS) is 10.0. The monoisotopic (exact) mass is 332 g/mol. The Hall–Kier alpha value is -2.73. The minimum atomic E-state index is -0.752. The zero-order valence-corrected chi connectivity index (χ0v) is 13.0. The van der Waals surface area contributed by atoms with E-state index in [1.165, 1.54) is 25.3 Å². The number of carbonyl (C=O) groups excluding carboxylic acids is 3. The molecule has 0 radical (unpaired) electrons. The highest BCUT2D eigenvalue weighted by Crippen LogP contribution is 2.16. The molecule has 0 spiro atoms. The van der Waals surface area contributed by atoms with E-state index >= 15 is 0 Å². The average Bonchev–Trinajstić information content (AvgIpc) is 2.53. The van der Waals surface area contributed by atoms with Crippen molar-refractivity contribution in [2.75, 3.05) is 11.9 Å². The van der Waals surface area contributed by atoms with Gasteiger partial charge >= 0.3 is 5.97 Å². The molecule has 6 nitrogen and oxygen atoms in total. The van der Waals surface area contributed by atoms with E-state index in [4.69, 9.17) is 16.3 Å². The number of aromatic nitrogens is 1. The standard InChI is InChI=1S/C16H13ClN2O4/c1-10(20)11-5-2-3-7-13(11)19-14(21)9-23-16(22)12-6-4-8-18-15(12)17/h2-8H,9H2,1H3,(H,19,21). The summed E-state index contributed by atoms with van der Waals surface area (Å²) in [6, 6.07) is 9.54. The summed E-state index contributed by atoms with van der Waals surface area (Å²) in [5.41, 5.74) is 0.814. The molecule has 0 saturated heterocycles. The first-order valence-corrected chi connectivity index (χ1v) is 7.04. The molecule has 2 rings (SSSR count). The highest BCUT2D eigenvalue weighted by Gasteiger charge is 2.15. The van der Waals surface area contributed by atoms with Crippen LogP contribution in [0.5, 0.6) is 0 Å². The molecule has 2 aromatic rings. The number of benzene rings is 1. The van der Waals surface area contributed by atoms with E-state index in [9.17, 15) is 14.4 Å². The Balaban J connectivity index is 1.97. The Morgan fingerprint density at radius 2 is 1.83 bits per heavy atom. The molecule has 0 fully saturated rings. The van der Waals surface area contributed by atoms with E-state index < -0.39 is 18.5 Å². The molecule has 0 aliphatic carbocycles. The molecular weight excluding hydrogens is 320 g/mol. The summed E-state index contributed by atoms with van der Waals surface area (Å²) in [6.45, 7) is 0.895. The van der Waals surface area contributed by atoms with Crippen molar-refractivity contribution in [3.63, 3.8) is 0 Å². The van der Waals surface area contributed by atoms with E-state index in [0.717, 1.165) is 0 Å². The summed E-state index contributed by atoms with van der Waals surface area (Å²) in [4.78, 5) is 38.9. The zero-order chi connectivity index (χ0) is 16.8. The molecule has 0 atom stereocenters. The van der Waals surface area contributed by atoms with E-state index in [0.29, 0.717) is 11.3 Å². The van der Waals surface area contributed by atoms with Gasteiger partial charge in [-0.3, -0.25) is 9.59 Å². The number of nitrogens with one attached hydrogen (secondary N) is 1. The van der Waals surface area contributed by atoms with Gasteiger partial charge in [0.1, 0.15) is 5.15 Å². The van der Waals surface area contributed by atoms with E-state index in [1.54, 1.807) is 24.3 Å². The third-order valence-corrected chi connectivity index (χ3v) is 3.19. The first kappa shape index (κ1) is 16.6. The fourth-order valence-electron chi connectivity index (χ4n) is 1.83. The third-order valence-electron chi connectivity index (χ3n) is 2.89. The number of nitrogens with zero attached hydrogens (tertiary/aromatic N) is 1. The highest BCUT2D eigenvalue weighted by atomic mass is 35.5. The van der Waals surface area contributed by atoms with Crippen molar-refractivity contribution < 1.29 is 19.1 Å². The number of anilines is 1. The number of pyridine rings is 1. The van der Waals surface area contributed by atoms with E-state index in [-0.39, 0.29) is 16.5 Å². The summed E-state index contributed by atoms with van der Waals surface area (Å²) in [6.07, 6.45) is 1.44. The fourth-order valence-corrected chi connectivity index (χ4v) is 2.03. The van der Waals surface area contributed by atoms with Gasteiger partial charge in [0.2, 0.25) is 0 Å². The van der Waals surface area contributed by atoms with Gasteiger partial charge < -0.3 is 10.1 Å². The van der Waals surface area contributed by atoms with Crippen LogP contribution in [-0.4, -0.2) is 29.3 Å². The summed E-state index contributed by atoms with van der Waals surface area (Å²) in [7, 11) is 0. The molecule has 1 aromatic heterocycles. The number of halogens is 1. The number of esters is 1. The van der Waals surface area contributed by atoms with Crippen molar-refractivity contribution in [1.29, 1.82) is 0 Å². The van der Waals surface area contributed by atoms with Crippen LogP contribution in [0.1, 0.15) is 27.6 Å². The fraction of sp³-hybridized carbons (Fsp3) is 0.125. The van der Waals surface area contributed by atoms with Crippen LogP contribution in [-0.2, 0) is 9.53 Å². The first-order chi connectivity index (χ1) is 11.0. The number of Topliss-reactive ketones (excluding diaryl/α,β-unsaturated/α-hetero) is 1. The molecular formula is C16H13ClN2O4. The van der Waals surface area contributed by atoms with E-state index in [2.05, 4.69) is 10.3 Å². The molecule has 1 N–H and O–H groups in total. The third kappa shape index (κ3) is 4.37. The van der Waals surface area contributed by atoms with Gasteiger partial charge in [-0.1, -0.05) is 23.7 Å². The van der Waals surface area contributed by atoms with Gasteiger partial charge in [0.25, 0.3) is 5.91 Å². The highest BCUT2D eigenvalue weighted by molar-refractivity contribution is 6.32. The van der Waals surface area contributed by atoms with Crippen molar-refractivity contribution in [3.8, 4) is 0 Å². The summed E-state index contributed by atoms with van der Waals surface area (Å²) < 4.78 is 4.88. The lowest BCUT2D eigenvalue weighted by Gasteiger charge is -2.09. The predicted octanol–water partition coefficient (Wildman–Crippen LogP) is 2.73. The minimum absolute atomic E-state index is 0.000154. The summed E-state index contributed by atoms with van der Waals surface area (Å²) >= 11 is 5.77. The maximum Gasteiger partial charge on any atom is 0.341 e. The second-order valence-electron chi connectivity index (χ2n) is 4.57. The Labute approximate surface area is 137 Å². The van der Waals surface area contributed by atoms with Crippen molar-refractivity contribution in [2.24, 2.45) is 0 Å². The van der Waals surface area contributed by atoms with Crippen LogP contribution >= 0.6 is 11.6 Å². The molecule has 0 unspecified atom stereocenters. The SMILES string of the molecule is CC(=O)c1ccccc1NC(=O)COC(=O)c1cccnc1Cl. The second kappa shape index (κ2) is 7.51. The summed E-state index contributed by atoms with van der Waals surface area (Å²) in [5.74, 6) is -1.50. The Morgan fingerprint density at radius 1 is 1.13 bits per heavy atom. The van der Waals surface area contributed by atoms with Gasteiger partial charge in [-0.05, 0) is 31.2 Å². The van der Waals surface area contributed by atoms with Crippen molar-refractivity contribution in [2.45, 2.75) is 6.92 Å². The van der Waals surface area contributed by atoms with Gasteiger partial charge in [0, 0.05) is 11.8 Å². The molecule has 1 heterocycles. The Morgan fingerprint density at radius 3 is 2.52 bits per heavy atom. The number of para-hydroxylation sites is 1. The van der Waals surface area contributed by atoms with Crippen LogP contribution < -0.4 is 5.32 Å². The Kier molecular flexibility index (Phi) is 5.43. The van der Waals surface area contributed by atoms with Crippen molar-refractivity contribution >= 4 is 34.9 Å². The molecule has 0 aliphatic rings. The van der Waals surface area contributed by atoms with Gasteiger partial charge in [0.15, 0.2) is 12.4 Å². The molecule has 118 valence electrons. The van der Waals surface area contributed by atoms with Crippen molar-refractivity contribution in [1.82, 2.24) is 4.98 Å². The zero-order valence-electron chi connectivity index (χ0n) is 12.2. The first-order valence-electron chi connectivity index (χ1n) is 6.66. The average molecular weight is 333 g/mol. The predicted molar refractivity (Wildman–Crippen MR) is 84.6 cm³/mol. The number of carbonyl (C=O) groups is 3. The molecule has 23 heavy (non-hydrogen) atoms. The van der Waals surface area contributed by atoms with Gasteiger partial charge in [-0.2, -0.15) is 0 Å². The molecule has 0 bridgehead atoms. The van der Waals surface area contributed by atoms with Crippen LogP contribution in [0.4, 0.5) is 5.69 Å². The lowest BCUT2D eigenvalue weighted by Crippen LogP contribution is -2.22. The van der Waals surface area contributed by atoms with Gasteiger partial charge in [0.05, 0.1) is 11.3 Å². The smallest absolute Gasteiger partial charge is 0.341 e. The van der Waals surface area contributed by atoms with Gasteiger partial charge in [-0.15, -0.1) is 0 Å². The number of hydrogen-bond acceptors (Lipinski definition) is 5. The van der Waals surface area contributed by atoms with Gasteiger partial charge in [-0.25, -0.2) is 9.78 Å². The number of amides is 1. The largest absolute Gasteiger partial charge is 0.452 e. The molecule has 1 amide bonds. The number of hydrogen-bond donors (Lipinski definition) is 1. The quantitative estimate of drug-likeness (QED) is 0.517. The number of ketones is 1. The molecule has 0 aliphatic heterocycles. The van der Waals surface area contributed by atoms with Crippen LogP contribution in [0.2, 0.25) is 5.15 Å². The topological polar surface area (TPSA) is 85.4 Å². The van der Waals surface area contributed by atoms with Crippen LogP contribution in [0.25, 0.3) is 0 Å². The van der Waals surface area contributed by atoms with Crippen LogP contribution in [0, 0.1) is 0 Å². The number of rotatable bonds is 5. The lowest BCUT2D eigenvalue weighted by molar-refractivity contribution is -0.119. The maximum absolute atomic E-state index is 11.9. The lowest BCUT2D eigenvalue weighted by atomic mass is 10.1.